The number of nitrogens with zero attached hydrogens (tertiary/aromatic N) is 1. The van der Waals surface area contributed by atoms with E-state index in [4.69, 9.17) is 0 Å². The highest BCUT2D eigenvalue weighted by atomic mass is 16.3. The van der Waals surface area contributed by atoms with Crippen molar-refractivity contribution in [3.05, 3.63) is 60.2 Å². The fourth-order valence-corrected chi connectivity index (χ4v) is 3.27. The Labute approximate surface area is 136 Å². The van der Waals surface area contributed by atoms with Crippen LogP contribution >= 0.6 is 0 Å². The number of anilines is 1. The minimum atomic E-state index is 0.0769. The lowest BCUT2D eigenvalue weighted by molar-refractivity contribution is -0.117. The summed E-state index contributed by atoms with van der Waals surface area (Å²) in [5.41, 5.74) is 5.18. The van der Waals surface area contributed by atoms with Gasteiger partial charge in [-0.05, 0) is 48.6 Å². The van der Waals surface area contributed by atoms with E-state index in [-0.39, 0.29) is 17.7 Å². The Morgan fingerprint density at radius 2 is 1.83 bits per heavy atom. The molecule has 0 unspecified atom stereocenters. The third-order valence-electron chi connectivity index (χ3n) is 4.50. The summed E-state index contributed by atoms with van der Waals surface area (Å²) >= 11 is 0. The van der Waals surface area contributed by atoms with Crippen molar-refractivity contribution in [2.75, 3.05) is 4.90 Å². The van der Waals surface area contributed by atoms with Crippen LogP contribution in [-0.4, -0.2) is 17.1 Å². The molecule has 3 rings (SSSR count). The van der Waals surface area contributed by atoms with E-state index in [0.29, 0.717) is 0 Å². The molecule has 1 aliphatic rings. The van der Waals surface area contributed by atoms with Gasteiger partial charge in [0.25, 0.3) is 0 Å². The van der Waals surface area contributed by atoms with E-state index in [1.807, 2.05) is 35.2 Å². The van der Waals surface area contributed by atoms with E-state index in [1.54, 1.807) is 6.92 Å². The molecule has 1 amide bonds. The van der Waals surface area contributed by atoms with Crippen molar-refractivity contribution < 1.29 is 9.90 Å². The molecule has 3 heteroatoms. The number of hydrogen-bond donors (Lipinski definition) is 1. The van der Waals surface area contributed by atoms with Crippen LogP contribution in [0.3, 0.4) is 0 Å². The average Bonchev–Trinajstić information content (AvgIpc) is 2.54. The number of carbonyl (C=O) groups is 1. The lowest BCUT2D eigenvalue weighted by Crippen LogP contribution is -2.40. The van der Waals surface area contributed by atoms with Gasteiger partial charge in [-0.25, -0.2) is 0 Å². The molecule has 0 spiro atoms. The lowest BCUT2D eigenvalue weighted by Gasteiger charge is -2.34. The summed E-state index contributed by atoms with van der Waals surface area (Å²) in [6.07, 6.45) is 1.97. The Morgan fingerprint density at radius 1 is 1.17 bits per heavy atom. The third kappa shape index (κ3) is 2.87. The van der Waals surface area contributed by atoms with Gasteiger partial charge in [0.2, 0.25) is 5.91 Å². The number of hydrogen-bond acceptors (Lipinski definition) is 2. The zero-order valence-corrected chi connectivity index (χ0v) is 13.5. The minimum absolute atomic E-state index is 0.0769. The van der Waals surface area contributed by atoms with E-state index in [9.17, 15) is 9.90 Å². The van der Waals surface area contributed by atoms with Gasteiger partial charge in [0.05, 0.1) is 0 Å². The van der Waals surface area contributed by atoms with Gasteiger partial charge in [-0.3, -0.25) is 4.79 Å². The van der Waals surface area contributed by atoms with Gasteiger partial charge in [-0.1, -0.05) is 36.9 Å². The average molecular weight is 307 g/mol. The molecule has 0 aromatic heterocycles. The zero-order chi connectivity index (χ0) is 16.6. The highest BCUT2D eigenvalue weighted by molar-refractivity contribution is 5.94. The van der Waals surface area contributed by atoms with Crippen LogP contribution in [0.1, 0.15) is 31.4 Å². The van der Waals surface area contributed by atoms with Crippen molar-refractivity contribution in [2.24, 2.45) is 0 Å². The summed E-state index contributed by atoms with van der Waals surface area (Å²) in [4.78, 5) is 13.8. The molecule has 3 nitrogen and oxygen atoms in total. The Morgan fingerprint density at radius 3 is 2.43 bits per heavy atom. The monoisotopic (exact) mass is 307 g/mol. The Hall–Kier alpha value is -2.55. The van der Waals surface area contributed by atoms with E-state index < -0.39 is 0 Å². The molecule has 1 atom stereocenters. The number of fused-ring (bicyclic) bond motifs is 1. The van der Waals surface area contributed by atoms with Crippen molar-refractivity contribution in [3.8, 4) is 11.1 Å². The van der Waals surface area contributed by atoms with Crippen molar-refractivity contribution in [1.29, 1.82) is 0 Å². The molecular weight excluding hydrogens is 286 g/mol. The summed E-state index contributed by atoms with van der Waals surface area (Å²) < 4.78 is 0. The highest BCUT2D eigenvalue weighted by Crippen LogP contribution is 2.34. The van der Waals surface area contributed by atoms with Gasteiger partial charge in [-0.2, -0.15) is 0 Å². The molecule has 2 aromatic rings. The molecule has 0 aliphatic carbocycles. The van der Waals surface area contributed by atoms with Crippen LogP contribution in [0.2, 0.25) is 0 Å². The molecular formula is C20H21NO2. The van der Waals surface area contributed by atoms with Gasteiger partial charge < -0.3 is 10.0 Å². The normalized spacial score (nSPS) is 16.8. The maximum Gasteiger partial charge on any atom is 0.224 e. The lowest BCUT2D eigenvalue weighted by atomic mass is 9.93. The van der Waals surface area contributed by atoms with Crippen LogP contribution in [0.4, 0.5) is 5.69 Å². The fraction of sp³-hybridized carbons (Fsp3) is 0.250. The number of aliphatic hydroxyl groups excluding tert-OH is 1. The maximum atomic E-state index is 11.9. The standard InChI is InChI=1S/C20H21NO2/c1-13-4-5-19-12-18(10-11-20(19)21(13)15(3)23)17-8-6-16(7-9-17)14(2)22/h6-13,22H,2,4-5H2,1,3H3/t13-/m0/s1. The van der Waals surface area contributed by atoms with Gasteiger partial charge in [0, 0.05) is 24.2 Å². The molecule has 118 valence electrons. The molecule has 0 saturated carbocycles. The van der Waals surface area contributed by atoms with Crippen LogP contribution in [0.25, 0.3) is 16.9 Å². The summed E-state index contributed by atoms with van der Waals surface area (Å²) in [6, 6.07) is 14.2. The molecule has 0 radical (unpaired) electrons. The number of benzene rings is 2. The fourth-order valence-electron chi connectivity index (χ4n) is 3.27. The van der Waals surface area contributed by atoms with Crippen LogP contribution in [0.15, 0.2) is 49.0 Å². The van der Waals surface area contributed by atoms with Crippen molar-refractivity contribution in [1.82, 2.24) is 0 Å². The quantitative estimate of drug-likeness (QED) is 0.826. The van der Waals surface area contributed by atoms with Crippen molar-refractivity contribution in [2.45, 2.75) is 32.7 Å². The number of amides is 1. The van der Waals surface area contributed by atoms with Crippen molar-refractivity contribution in [3.63, 3.8) is 0 Å². The minimum Gasteiger partial charge on any atom is -0.508 e. The first-order valence-electron chi connectivity index (χ1n) is 7.89. The SMILES string of the molecule is C=C(O)c1ccc(-c2ccc3c(c2)CC[C@H](C)N3C(C)=O)cc1. The molecule has 1 aliphatic heterocycles. The topological polar surface area (TPSA) is 40.5 Å². The summed E-state index contributed by atoms with van der Waals surface area (Å²) in [5, 5.41) is 9.42. The molecule has 1 N–H and O–H groups in total. The second-order valence-corrected chi connectivity index (χ2v) is 6.14. The van der Waals surface area contributed by atoms with Crippen molar-refractivity contribution >= 4 is 17.4 Å². The second-order valence-electron chi connectivity index (χ2n) is 6.14. The van der Waals surface area contributed by atoms with Gasteiger partial charge in [-0.15, -0.1) is 0 Å². The maximum absolute atomic E-state index is 11.9. The summed E-state index contributed by atoms with van der Waals surface area (Å²) in [6.45, 7) is 7.26. The van der Waals surface area contributed by atoms with E-state index in [1.165, 1.54) is 5.56 Å². The van der Waals surface area contributed by atoms with Crippen LogP contribution in [-0.2, 0) is 11.2 Å². The number of aryl methyl sites for hydroxylation is 1. The van der Waals surface area contributed by atoms with Crippen LogP contribution in [0.5, 0.6) is 0 Å². The molecule has 23 heavy (non-hydrogen) atoms. The first-order valence-corrected chi connectivity index (χ1v) is 7.89. The Kier molecular flexibility index (Phi) is 3.95. The number of carbonyl (C=O) groups excluding carboxylic acids is 1. The first-order chi connectivity index (χ1) is 11.0. The van der Waals surface area contributed by atoms with E-state index in [2.05, 4.69) is 25.6 Å². The largest absolute Gasteiger partial charge is 0.508 e. The Balaban J connectivity index is 1.98. The smallest absolute Gasteiger partial charge is 0.224 e. The van der Waals surface area contributed by atoms with E-state index in [0.717, 1.165) is 35.2 Å². The molecule has 2 aromatic carbocycles. The molecule has 1 heterocycles. The highest BCUT2D eigenvalue weighted by Gasteiger charge is 2.26. The first kappa shape index (κ1) is 15.3. The predicted octanol–water partition coefficient (Wildman–Crippen LogP) is 4.57. The van der Waals surface area contributed by atoms with Gasteiger partial charge in [0.1, 0.15) is 5.76 Å². The van der Waals surface area contributed by atoms with Crippen LogP contribution < -0.4 is 4.90 Å². The van der Waals surface area contributed by atoms with Crippen LogP contribution in [0, 0.1) is 0 Å². The second kappa shape index (κ2) is 5.92. The predicted molar refractivity (Wildman–Crippen MR) is 94.5 cm³/mol. The molecule has 0 fully saturated rings. The third-order valence-corrected chi connectivity index (χ3v) is 4.50. The number of aliphatic hydroxyl groups is 1. The molecule has 0 saturated heterocycles. The van der Waals surface area contributed by atoms with Gasteiger partial charge in [0.15, 0.2) is 0 Å². The summed E-state index contributed by atoms with van der Waals surface area (Å²) in [7, 11) is 0. The number of rotatable bonds is 2. The molecule has 0 bridgehead atoms. The summed E-state index contributed by atoms with van der Waals surface area (Å²) in [5.74, 6) is 0.171. The van der Waals surface area contributed by atoms with E-state index >= 15 is 0 Å². The van der Waals surface area contributed by atoms with Gasteiger partial charge >= 0.3 is 0 Å². The Bertz CT molecular complexity index is 762. The zero-order valence-electron chi connectivity index (χ0n) is 13.5.